The Morgan fingerprint density at radius 3 is 2.36 bits per heavy atom. The molecule has 2 saturated heterocycles. The van der Waals surface area contributed by atoms with Crippen LogP contribution in [0.3, 0.4) is 0 Å². The van der Waals surface area contributed by atoms with Gasteiger partial charge in [-0.1, -0.05) is 90.0 Å². The molecule has 2 aliphatic heterocycles. The number of imide groups is 2. The molecule has 0 bridgehead atoms. The second kappa shape index (κ2) is 9.89. The maximum Gasteiger partial charge on any atom is 0.260 e. The Morgan fingerprint density at radius 1 is 0.844 bits per heavy atom. The summed E-state index contributed by atoms with van der Waals surface area (Å²) in [5.74, 6) is -4.81. The average molecular weight is 598 g/mol. The van der Waals surface area contributed by atoms with Gasteiger partial charge in [0.2, 0.25) is 11.8 Å². The van der Waals surface area contributed by atoms with Gasteiger partial charge in [0.05, 0.1) is 28.9 Å². The second-order valence-electron chi connectivity index (χ2n) is 12.7. The third kappa shape index (κ3) is 3.78. The Hall–Kier alpha value is -5.24. The molecule has 4 aromatic carbocycles. The summed E-state index contributed by atoms with van der Waals surface area (Å²) in [5.41, 5.74) is 5.30. The predicted molar refractivity (Wildman–Crippen MR) is 168 cm³/mol. The molecule has 8 rings (SSSR count). The second-order valence-corrected chi connectivity index (χ2v) is 12.7. The van der Waals surface area contributed by atoms with E-state index >= 15 is 4.79 Å². The van der Waals surface area contributed by atoms with Gasteiger partial charge in [0, 0.05) is 11.5 Å². The number of phenols is 1. The minimum atomic E-state index is -1.44. The van der Waals surface area contributed by atoms with Gasteiger partial charge in [0.15, 0.2) is 0 Å². The number of hydrogen-bond acceptors (Lipinski definition) is 6. The number of benzene rings is 4. The van der Waals surface area contributed by atoms with E-state index in [0.29, 0.717) is 23.2 Å². The molecule has 0 aromatic heterocycles. The zero-order valence-corrected chi connectivity index (χ0v) is 24.6. The molecule has 6 atom stereocenters. The van der Waals surface area contributed by atoms with Gasteiger partial charge in [-0.05, 0) is 60.2 Å². The highest BCUT2D eigenvalue weighted by Crippen LogP contribution is 2.65. The van der Waals surface area contributed by atoms with Crippen molar-refractivity contribution in [3.63, 3.8) is 0 Å². The van der Waals surface area contributed by atoms with Crippen molar-refractivity contribution in [1.29, 1.82) is 0 Å². The Kier molecular flexibility index (Phi) is 6.00. The maximum absolute atomic E-state index is 15.2. The number of rotatable bonds is 4. The van der Waals surface area contributed by atoms with Crippen LogP contribution in [-0.2, 0) is 24.6 Å². The van der Waals surface area contributed by atoms with Crippen molar-refractivity contribution in [2.75, 3.05) is 5.43 Å². The lowest BCUT2D eigenvalue weighted by molar-refractivity contribution is -0.138. The third-order valence-electron chi connectivity index (χ3n) is 10.5. The average Bonchev–Trinajstić information content (AvgIpc) is 3.46. The van der Waals surface area contributed by atoms with Crippen molar-refractivity contribution >= 4 is 40.1 Å². The molecule has 4 aliphatic rings. The third-order valence-corrected chi connectivity index (χ3v) is 10.5. The van der Waals surface area contributed by atoms with Crippen molar-refractivity contribution in [2.24, 2.45) is 23.7 Å². The minimum Gasteiger partial charge on any atom is -0.508 e. The minimum absolute atomic E-state index is 0.00794. The smallest absolute Gasteiger partial charge is 0.260 e. The van der Waals surface area contributed by atoms with Crippen LogP contribution in [-0.4, -0.2) is 33.7 Å². The standard InChI is InChI=1S/C37H31N3O5/c1-20-11-14-23(15-12-20)39-40-35(44)28-19-27-25(16-17-26-30(27)34(43)38-33(26)42)32(37(28,36(40)45)22-8-3-2-4-9-22)31-24-10-6-5-7-21(24)13-18-29(31)41/h2-16,18,26-28,30,32,39,41H,17,19H2,1H3,(H,38,42,43). The highest BCUT2D eigenvalue weighted by atomic mass is 16.3. The number of phenolic OH excluding ortho intramolecular Hbond substituents is 1. The number of amides is 4. The fourth-order valence-corrected chi connectivity index (χ4v) is 8.56. The van der Waals surface area contributed by atoms with E-state index in [1.165, 1.54) is 0 Å². The number of nitrogens with one attached hydrogen (secondary N) is 2. The molecule has 4 aromatic rings. The van der Waals surface area contributed by atoms with Crippen LogP contribution in [0, 0.1) is 30.6 Å². The van der Waals surface area contributed by atoms with Crippen LogP contribution < -0.4 is 10.7 Å². The van der Waals surface area contributed by atoms with E-state index in [-0.39, 0.29) is 24.0 Å². The molecule has 6 unspecified atom stereocenters. The Morgan fingerprint density at radius 2 is 1.58 bits per heavy atom. The van der Waals surface area contributed by atoms with Crippen molar-refractivity contribution < 1.29 is 24.3 Å². The highest BCUT2D eigenvalue weighted by molar-refractivity contribution is 6.13. The molecule has 4 amide bonds. The summed E-state index contributed by atoms with van der Waals surface area (Å²) in [6.45, 7) is 1.96. The number of hydrogen-bond donors (Lipinski definition) is 3. The summed E-state index contributed by atoms with van der Waals surface area (Å²) in [5, 5.41) is 17.0. The summed E-state index contributed by atoms with van der Waals surface area (Å²) in [6.07, 6.45) is 2.53. The van der Waals surface area contributed by atoms with Crippen LogP contribution in [0.5, 0.6) is 5.75 Å². The number of carbonyl (C=O) groups is 4. The molecule has 1 saturated carbocycles. The molecule has 8 heteroatoms. The number of nitrogens with zero attached hydrogens (tertiary/aromatic N) is 1. The van der Waals surface area contributed by atoms with Crippen LogP contribution in [0.15, 0.2) is 103 Å². The molecule has 8 nitrogen and oxygen atoms in total. The van der Waals surface area contributed by atoms with E-state index in [9.17, 15) is 19.5 Å². The van der Waals surface area contributed by atoms with Crippen LogP contribution in [0.1, 0.15) is 35.4 Å². The number of allylic oxidation sites excluding steroid dienone is 2. The lowest BCUT2D eigenvalue weighted by Crippen LogP contribution is -2.53. The first-order valence-corrected chi connectivity index (χ1v) is 15.3. The number of fused-ring (bicyclic) bond motifs is 5. The summed E-state index contributed by atoms with van der Waals surface area (Å²) >= 11 is 0. The van der Waals surface area contributed by atoms with Gasteiger partial charge >= 0.3 is 0 Å². The van der Waals surface area contributed by atoms with E-state index in [1.807, 2.05) is 97.9 Å². The molecular weight excluding hydrogens is 566 g/mol. The largest absolute Gasteiger partial charge is 0.508 e. The fourth-order valence-electron chi connectivity index (χ4n) is 8.56. The molecule has 224 valence electrons. The number of carbonyl (C=O) groups excluding carboxylic acids is 4. The van der Waals surface area contributed by atoms with Crippen molar-refractivity contribution in [3.8, 4) is 5.75 Å². The van der Waals surface area contributed by atoms with E-state index in [0.717, 1.165) is 26.9 Å². The van der Waals surface area contributed by atoms with Gasteiger partial charge in [-0.15, -0.1) is 0 Å². The van der Waals surface area contributed by atoms with Gasteiger partial charge in [-0.25, -0.2) is 0 Å². The normalized spacial score (nSPS) is 28.8. The maximum atomic E-state index is 15.2. The van der Waals surface area contributed by atoms with E-state index < -0.39 is 46.8 Å². The number of aromatic hydroxyl groups is 1. The van der Waals surface area contributed by atoms with Gasteiger partial charge in [-0.2, -0.15) is 5.01 Å². The van der Waals surface area contributed by atoms with Gasteiger partial charge < -0.3 is 5.11 Å². The Labute approximate surface area is 259 Å². The van der Waals surface area contributed by atoms with E-state index in [4.69, 9.17) is 0 Å². The van der Waals surface area contributed by atoms with Crippen molar-refractivity contribution in [1.82, 2.24) is 10.3 Å². The zero-order chi connectivity index (χ0) is 31.0. The number of anilines is 1. The topological polar surface area (TPSA) is 116 Å². The SMILES string of the molecule is Cc1ccc(NN2C(=O)C3CC4C(=CCC5C(=O)NC(=O)C54)C(c4c(O)ccc5ccccc45)C3(c3ccccc3)C2=O)cc1. The van der Waals surface area contributed by atoms with Crippen LogP contribution in [0.25, 0.3) is 10.8 Å². The molecule has 3 fully saturated rings. The summed E-state index contributed by atoms with van der Waals surface area (Å²) in [7, 11) is 0. The summed E-state index contributed by atoms with van der Waals surface area (Å²) in [4.78, 5) is 56.0. The van der Waals surface area contributed by atoms with Gasteiger partial charge in [0.25, 0.3) is 11.8 Å². The van der Waals surface area contributed by atoms with Crippen molar-refractivity contribution in [3.05, 3.63) is 119 Å². The molecule has 2 heterocycles. The summed E-state index contributed by atoms with van der Waals surface area (Å²) in [6, 6.07) is 27.9. The first-order valence-electron chi connectivity index (χ1n) is 15.3. The molecule has 0 radical (unpaired) electrons. The number of aryl methyl sites for hydroxylation is 1. The molecular formula is C37H31N3O5. The van der Waals surface area contributed by atoms with Crippen molar-refractivity contribution in [2.45, 2.75) is 31.1 Å². The predicted octanol–water partition coefficient (Wildman–Crippen LogP) is 5.13. The molecule has 2 aliphatic carbocycles. The lowest BCUT2D eigenvalue weighted by atomic mass is 9.48. The molecule has 0 spiro atoms. The first kappa shape index (κ1) is 27.3. The monoisotopic (exact) mass is 597 g/mol. The molecule has 45 heavy (non-hydrogen) atoms. The van der Waals surface area contributed by atoms with Crippen LogP contribution in [0.4, 0.5) is 5.69 Å². The van der Waals surface area contributed by atoms with Gasteiger partial charge in [-0.3, -0.25) is 29.9 Å². The fraction of sp³-hybridized carbons (Fsp3) is 0.243. The molecule has 3 N–H and O–H groups in total. The zero-order valence-electron chi connectivity index (χ0n) is 24.6. The first-order chi connectivity index (χ1) is 21.8. The highest BCUT2D eigenvalue weighted by Gasteiger charge is 2.70. The van der Waals surface area contributed by atoms with Crippen LogP contribution in [0.2, 0.25) is 0 Å². The number of hydrazine groups is 1. The summed E-state index contributed by atoms with van der Waals surface area (Å²) < 4.78 is 0. The Balaban J connectivity index is 1.42. The Bertz CT molecular complexity index is 1950. The lowest BCUT2D eigenvalue weighted by Gasteiger charge is -2.51. The van der Waals surface area contributed by atoms with E-state index in [1.54, 1.807) is 6.07 Å². The van der Waals surface area contributed by atoms with Gasteiger partial charge in [0.1, 0.15) is 5.75 Å². The van der Waals surface area contributed by atoms with E-state index in [2.05, 4.69) is 10.7 Å². The van der Waals surface area contributed by atoms with Crippen LogP contribution >= 0.6 is 0 Å². The quantitative estimate of drug-likeness (QED) is 0.222.